The Morgan fingerprint density at radius 3 is 2.33 bits per heavy atom. The Balaban J connectivity index is 2.80. The highest BCUT2D eigenvalue weighted by Crippen LogP contribution is 2.43. The van der Waals surface area contributed by atoms with Gasteiger partial charge in [0.1, 0.15) is 11.8 Å². The summed E-state index contributed by atoms with van der Waals surface area (Å²) in [6, 6.07) is 4.38. The molecule has 0 aliphatic carbocycles. The summed E-state index contributed by atoms with van der Waals surface area (Å²) in [4.78, 5) is 2.16. The third kappa shape index (κ3) is 3.02. The van der Waals surface area contributed by atoms with Gasteiger partial charge in [-0.05, 0) is 28.1 Å². The molecule has 2 rings (SSSR count). The Morgan fingerprint density at radius 1 is 1.19 bits per heavy atom. The molecule has 1 aromatic heterocycles. The van der Waals surface area contributed by atoms with Gasteiger partial charge in [0.05, 0.1) is 25.8 Å². The largest absolute Gasteiger partial charge is 0.432 e. The van der Waals surface area contributed by atoms with Crippen LogP contribution in [0.1, 0.15) is 11.3 Å². The molecule has 2 nitrogen and oxygen atoms in total. The minimum Gasteiger partial charge on any atom is -0.349 e. The fraction of sp³-hybridized carbons (Fsp3) is 0.0833. The number of nitrogens with one attached hydrogen (secondary N) is 1. The molecule has 0 fully saturated rings. The zero-order chi connectivity index (χ0) is 15.9. The normalized spacial score (nSPS) is 11.5. The van der Waals surface area contributed by atoms with Crippen LogP contribution in [0.2, 0.25) is 15.1 Å². The van der Waals surface area contributed by atoms with Crippen molar-refractivity contribution < 1.29 is 13.2 Å². The maximum absolute atomic E-state index is 12.9. The van der Waals surface area contributed by atoms with Gasteiger partial charge in [-0.2, -0.15) is 18.4 Å². The smallest absolute Gasteiger partial charge is 0.349 e. The molecule has 0 amide bonds. The number of benzene rings is 1. The van der Waals surface area contributed by atoms with E-state index in [1.165, 1.54) is 12.1 Å². The minimum absolute atomic E-state index is 0.0000381. The number of H-pyrrole nitrogens is 1. The fourth-order valence-corrected chi connectivity index (χ4v) is 3.03. The Bertz CT molecular complexity index is 763. The molecule has 21 heavy (non-hydrogen) atoms. The van der Waals surface area contributed by atoms with E-state index < -0.39 is 11.9 Å². The van der Waals surface area contributed by atoms with Crippen molar-refractivity contribution in [2.24, 2.45) is 0 Å². The minimum atomic E-state index is -4.66. The number of nitriles is 1. The summed E-state index contributed by atoms with van der Waals surface area (Å²) in [6.07, 6.45) is -4.66. The predicted octanol–water partition coefficient (Wildman–Crippen LogP) is 6.29. The lowest BCUT2D eigenvalue weighted by molar-refractivity contribution is -0.141. The molecule has 2 aromatic rings. The van der Waals surface area contributed by atoms with Gasteiger partial charge >= 0.3 is 6.18 Å². The van der Waals surface area contributed by atoms with Gasteiger partial charge in [-0.15, -0.1) is 0 Å². The summed E-state index contributed by atoms with van der Waals surface area (Å²) in [5.41, 5.74) is -1.31. The summed E-state index contributed by atoms with van der Waals surface area (Å²) in [5, 5.41) is 9.35. The Morgan fingerprint density at radius 2 is 1.81 bits per heavy atom. The standard InChI is InChI=1S/C12H3BrCl3F3N2/c13-8-6(3-20)10(21-11(8)12(17,18)19)5-1-4(14)2-7(15)9(5)16/h1-2,21H. The van der Waals surface area contributed by atoms with Crippen LogP contribution in [0.5, 0.6) is 0 Å². The van der Waals surface area contributed by atoms with E-state index in [1.54, 1.807) is 6.07 Å². The number of alkyl halides is 3. The third-order valence-corrected chi connectivity index (χ3v) is 4.41. The molecule has 0 aliphatic rings. The van der Waals surface area contributed by atoms with Crippen molar-refractivity contribution >= 4 is 50.7 Å². The SMILES string of the molecule is N#Cc1c(-c2cc(Cl)cc(Cl)c2Cl)[nH]c(C(F)(F)F)c1Br. The van der Waals surface area contributed by atoms with E-state index in [9.17, 15) is 13.2 Å². The second kappa shape index (κ2) is 5.73. The molecule has 0 spiro atoms. The number of halogens is 7. The molecule has 1 heterocycles. The van der Waals surface area contributed by atoms with Crippen molar-refractivity contribution in [3.8, 4) is 17.3 Å². The van der Waals surface area contributed by atoms with E-state index in [0.717, 1.165) is 0 Å². The van der Waals surface area contributed by atoms with Gasteiger partial charge in [0.25, 0.3) is 0 Å². The highest BCUT2D eigenvalue weighted by Gasteiger charge is 2.37. The maximum atomic E-state index is 12.9. The molecule has 0 radical (unpaired) electrons. The molecule has 110 valence electrons. The summed E-state index contributed by atoms with van der Waals surface area (Å²) in [5.74, 6) is 0. The van der Waals surface area contributed by atoms with E-state index >= 15 is 0 Å². The highest BCUT2D eigenvalue weighted by molar-refractivity contribution is 9.10. The number of aromatic nitrogens is 1. The average Bonchev–Trinajstić information content (AvgIpc) is 2.70. The van der Waals surface area contributed by atoms with Crippen LogP contribution in [-0.4, -0.2) is 4.98 Å². The molecular formula is C12H3BrCl3F3N2. The zero-order valence-corrected chi connectivity index (χ0v) is 13.6. The van der Waals surface area contributed by atoms with Gasteiger partial charge in [0.15, 0.2) is 0 Å². The quantitative estimate of drug-likeness (QED) is 0.543. The van der Waals surface area contributed by atoms with Gasteiger partial charge < -0.3 is 4.98 Å². The van der Waals surface area contributed by atoms with Crippen molar-refractivity contribution in [2.75, 3.05) is 0 Å². The number of hydrogen-bond acceptors (Lipinski definition) is 1. The second-order valence-electron chi connectivity index (χ2n) is 3.92. The van der Waals surface area contributed by atoms with Crippen molar-refractivity contribution in [1.29, 1.82) is 5.26 Å². The van der Waals surface area contributed by atoms with Crippen LogP contribution in [0.4, 0.5) is 13.2 Å². The van der Waals surface area contributed by atoms with Crippen LogP contribution in [0.3, 0.4) is 0 Å². The van der Waals surface area contributed by atoms with Crippen LogP contribution in [-0.2, 0) is 6.18 Å². The number of nitrogens with zero attached hydrogens (tertiary/aromatic N) is 1. The first-order chi connectivity index (χ1) is 9.66. The lowest BCUT2D eigenvalue weighted by Gasteiger charge is -2.06. The second-order valence-corrected chi connectivity index (χ2v) is 5.94. The van der Waals surface area contributed by atoms with Gasteiger partial charge in [-0.25, -0.2) is 0 Å². The lowest BCUT2D eigenvalue weighted by Crippen LogP contribution is -2.06. The molecule has 0 atom stereocenters. The van der Waals surface area contributed by atoms with Gasteiger partial charge in [-0.1, -0.05) is 34.8 Å². The fourth-order valence-electron chi connectivity index (χ4n) is 1.72. The van der Waals surface area contributed by atoms with E-state index in [1.807, 2.05) is 0 Å². The highest BCUT2D eigenvalue weighted by atomic mass is 79.9. The van der Waals surface area contributed by atoms with E-state index in [0.29, 0.717) is 0 Å². The van der Waals surface area contributed by atoms with Crippen LogP contribution < -0.4 is 0 Å². The van der Waals surface area contributed by atoms with E-state index in [4.69, 9.17) is 40.1 Å². The molecular weight excluding hydrogens is 415 g/mol. The first-order valence-electron chi connectivity index (χ1n) is 5.20. The summed E-state index contributed by atoms with van der Waals surface area (Å²) < 4.78 is 38.3. The average molecular weight is 418 g/mol. The van der Waals surface area contributed by atoms with E-state index in [2.05, 4.69) is 20.9 Å². The van der Waals surface area contributed by atoms with Crippen LogP contribution >= 0.6 is 50.7 Å². The monoisotopic (exact) mass is 416 g/mol. The topological polar surface area (TPSA) is 39.6 Å². The molecule has 9 heteroatoms. The van der Waals surface area contributed by atoms with Crippen molar-refractivity contribution in [3.63, 3.8) is 0 Å². The van der Waals surface area contributed by atoms with Crippen LogP contribution in [0.15, 0.2) is 16.6 Å². The van der Waals surface area contributed by atoms with Crippen molar-refractivity contribution in [2.45, 2.75) is 6.18 Å². The number of aromatic amines is 1. The molecule has 0 saturated heterocycles. The molecule has 0 saturated carbocycles. The van der Waals surface area contributed by atoms with Crippen molar-refractivity contribution in [1.82, 2.24) is 4.98 Å². The van der Waals surface area contributed by atoms with Gasteiger partial charge in [-0.3, -0.25) is 0 Å². The maximum Gasteiger partial charge on any atom is 0.432 e. The number of rotatable bonds is 1. The van der Waals surface area contributed by atoms with Crippen LogP contribution in [0, 0.1) is 11.3 Å². The molecule has 0 bridgehead atoms. The molecule has 1 N–H and O–H groups in total. The summed E-state index contributed by atoms with van der Waals surface area (Å²) in [7, 11) is 0. The predicted molar refractivity (Wildman–Crippen MR) is 78.7 cm³/mol. The summed E-state index contributed by atoms with van der Waals surface area (Å²) in [6.45, 7) is 0. The molecule has 0 aliphatic heterocycles. The Labute approximate surface area is 140 Å². The summed E-state index contributed by atoms with van der Waals surface area (Å²) >= 11 is 20.4. The van der Waals surface area contributed by atoms with E-state index in [-0.39, 0.29) is 36.4 Å². The molecule has 1 aromatic carbocycles. The lowest BCUT2D eigenvalue weighted by atomic mass is 10.1. The first kappa shape index (κ1) is 16.5. The Kier molecular flexibility index (Phi) is 4.50. The zero-order valence-electron chi connectivity index (χ0n) is 9.75. The Hall–Kier alpha value is -0.870. The van der Waals surface area contributed by atoms with Crippen LogP contribution in [0.25, 0.3) is 11.3 Å². The number of hydrogen-bond donors (Lipinski definition) is 1. The third-order valence-electron chi connectivity index (χ3n) is 2.60. The van der Waals surface area contributed by atoms with Crippen molar-refractivity contribution in [3.05, 3.63) is 42.9 Å². The van der Waals surface area contributed by atoms with Gasteiger partial charge in [0, 0.05) is 10.6 Å². The van der Waals surface area contributed by atoms with Gasteiger partial charge in [0.2, 0.25) is 0 Å². The molecule has 0 unspecified atom stereocenters. The first-order valence-corrected chi connectivity index (χ1v) is 7.13.